The summed E-state index contributed by atoms with van der Waals surface area (Å²) in [6.45, 7) is 1.73. The number of ether oxygens (including phenoxy) is 1. The average Bonchev–Trinajstić information content (AvgIpc) is 2.57. The van der Waals surface area contributed by atoms with E-state index in [1.54, 1.807) is 38.3 Å². The number of carbonyl (C=O) groups excluding carboxylic acids is 2. The van der Waals surface area contributed by atoms with Gasteiger partial charge in [-0.25, -0.2) is 0 Å². The fourth-order valence-electron chi connectivity index (χ4n) is 2.75. The molecule has 3 nitrogen and oxygen atoms in total. The van der Waals surface area contributed by atoms with E-state index in [1.807, 2.05) is 18.2 Å². The van der Waals surface area contributed by atoms with E-state index < -0.39 is 0 Å². The van der Waals surface area contributed by atoms with Crippen LogP contribution in [0.1, 0.15) is 33.2 Å². The highest BCUT2D eigenvalue weighted by molar-refractivity contribution is 9.10. The Morgan fingerprint density at radius 3 is 2.26 bits per heavy atom. The number of benzene rings is 2. The van der Waals surface area contributed by atoms with E-state index in [0.29, 0.717) is 28.7 Å². The number of allylic oxidation sites excluding steroid dienone is 2. The molecule has 0 aromatic heterocycles. The van der Waals surface area contributed by atoms with E-state index in [2.05, 4.69) is 15.9 Å². The number of methoxy groups -OCH3 is 1. The maximum atomic E-state index is 12.8. The Hall–Kier alpha value is -2.20. The fourth-order valence-corrected chi connectivity index (χ4v) is 3.25. The van der Waals surface area contributed by atoms with E-state index in [1.165, 1.54) is 0 Å². The first-order valence-corrected chi connectivity index (χ1v) is 8.03. The fraction of sp³-hybridized carbons (Fsp3) is 0.158. The van der Waals surface area contributed by atoms with Crippen LogP contribution in [0.2, 0.25) is 0 Å². The standard InChI is InChI=1S/C19H15BrO3/c1-11-16(9-12-7-8-13(23-2)10-17(12)20)19(22)15-6-4-3-5-14(15)18(11)21/h3-8,10H,9H2,1-2H3. The van der Waals surface area contributed by atoms with Crippen molar-refractivity contribution in [2.45, 2.75) is 13.3 Å². The van der Waals surface area contributed by atoms with Crippen LogP contribution in [-0.2, 0) is 6.42 Å². The minimum atomic E-state index is -0.0696. The molecule has 0 amide bonds. The van der Waals surface area contributed by atoms with Crippen molar-refractivity contribution in [3.63, 3.8) is 0 Å². The number of halogens is 1. The first-order valence-electron chi connectivity index (χ1n) is 7.23. The Bertz CT molecular complexity index is 849. The van der Waals surface area contributed by atoms with Crippen molar-refractivity contribution >= 4 is 27.5 Å². The first kappa shape index (κ1) is 15.7. The third kappa shape index (κ3) is 2.75. The van der Waals surface area contributed by atoms with Gasteiger partial charge in [-0.1, -0.05) is 46.3 Å². The molecule has 0 atom stereocenters. The first-order chi connectivity index (χ1) is 11.0. The van der Waals surface area contributed by atoms with Gasteiger partial charge in [0.15, 0.2) is 11.6 Å². The molecule has 0 heterocycles. The molecular weight excluding hydrogens is 356 g/mol. The second-order valence-corrected chi connectivity index (χ2v) is 6.30. The van der Waals surface area contributed by atoms with Crippen LogP contribution in [0.5, 0.6) is 5.75 Å². The molecule has 0 saturated heterocycles. The van der Waals surface area contributed by atoms with Gasteiger partial charge in [0, 0.05) is 33.2 Å². The highest BCUT2D eigenvalue weighted by Crippen LogP contribution is 2.31. The molecule has 1 aliphatic rings. The molecule has 0 unspecified atom stereocenters. The van der Waals surface area contributed by atoms with E-state index in [0.717, 1.165) is 15.8 Å². The lowest BCUT2D eigenvalue weighted by atomic mass is 9.82. The SMILES string of the molecule is COc1ccc(CC2=C(C)C(=O)c3ccccc3C2=O)c(Br)c1. The van der Waals surface area contributed by atoms with Gasteiger partial charge in [0.2, 0.25) is 0 Å². The summed E-state index contributed by atoms with van der Waals surface area (Å²) in [6.07, 6.45) is 0.412. The van der Waals surface area contributed by atoms with Gasteiger partial charge < -0.3 is 4.74 Å². The van der Waals surface area contributed by atoms with Crippen molar-refractivity contribution in [2.24, 2.45) is 0 Å². The van der Waals surface area contributed by atoms with Crippen molar-refractivity contribution in [3.05, 3.63) is 74.8 Å². The molecule has 2 aromatic rings. The summed E-state index contributed by atoms with van der Waals surface area (Å²) in [5.74, 6) is 0.600. The zero-order valence-electron chi connectivity index (χ0n) is 12.9. The predicted molar refractivity (Wildman–Crippen MR) is 92.2 cm³/mol. The Kier molecular flexibility index (Phi) is 4.18. The molecule has 0 bridgehead atoms. The van der Waals surface area contributed by atoms with Crippen molar-refractivity contribution in [2.75, 3.05) is 7.11 Å². The molecule has 3 rings (SSSR count). The maximum Gasteiger partial charge on any atom is 0.190 e. The number of hydrogen-bond acceptors (Lipinski definition) is 3. The van der Waals surface area contributed by atoms with E-state index >= 15 is 0 Å². The maximum absolute atomic E-state index is 12.8. The Morgan fingerprint density at radius 2 is 1.65 bits per heavy atom. The minimum Gasteiger partial charge on any atom is -0.497 e. The van der Waals surface area contributed by atoms with Crippen LogP contribution >= 0.6 is 15.9 Å². The van der Waals surface area contributed by atoms with Crippen molar-refractivity contribution in [1.82, 2.24) is 0 Å². The normalized spacial score (nSPS) is 14.0. The molecule has 116 valence electrons. The molecule has 0 aliphatic heterocycles. The topological polar surface area (TPSA) is 43.4 Å². The van der Waals surface area contributed by atoms with Crippen LogP contribution in [0.4, 0.5) is 0 Å². The molecule has 0 N–H and O–H groups in total. The number of Topliss-reactive ketones (excluding diaryl/α,β-unsaturated/α-hetero) is 2. The van der Waals surface area contributed by atoms with E-state index in [9.17, 15) is 9.59 Å². The average molecular weight is 371 g/mol. The number of fused-ring (bicyclic) bond motifs is 1. The summed E-state index contributed by atoms with van der Waals surface area (Å²) in [7, 11) is 1.61. The highest BCUT2D eigenvalue weighted by atomic mass is 79.9. The van der Waals surface area contributed by atoms with Gasteiger partial charge in [-0.15, -0.1) is 0 Å². The van der Waals surface area contributed by atoms with Crippen LogP contribution in [-0.4, -0.2) is 18.7 Å². The quantitative estimate of drug-likeness (QED) is 0.804. The molecule has 0 fully saturated rings. The van der Waals surface area contributed by atoms with E-state index in [4.69, 9.17) is 4.74 Å². The summed E-state index contributed by atoms with van der Waals surface area (Å²) < 4.78 is 6.04. The molecular formula is C19H15BrO3. The molecule has 0 saturated carbocycles. The van der Waals surface area contributed by atoms with Crippen LogP contribution in [0, 0.1) is 0 Å². The van der Waals surface area contributed by atoms with Gasteiger partial charge in [0.05, 0.1) is 7.11 Å². The third-order valence-corrected chi connectivity index (χ3v) is 4.85. The summed E-state index contributed by atoms with van der Waals surface area (Å²) in [4.78, 5) is 25.3. The molecule has 0 radical (unpaired) electrons. The molecule has 0 spiro atoms. The van der Waals surface area contributed by atoms with Crippen molar-refractivity contribution in [3.8, 4) is 5.75 Å². The number of hydrogen-bond donors (Lipinski definition) is 0. The predicted octanol–water partition coefficient (Wildman–Crippen LogP) is 4.40. The second kappa shape index (κ2) is 6.13. The lowest BCUT2D eigenvalue weighted by Gasteiger charge is -2.19. The van der Waals surface area contributed by atoms with Crippen LogP contribution in [0.25, 0.3) is 0 Å². The third-order valence-electron chi connectivity index (χ3n) is 4.11. The summed E-state index contributed by atoms with van der Waals surface area (Å²) in [5, 5.41) is 0. The Morgan fingerprint density at radius 1 is 1.00 bits per heavy atom. The molecule has 1 aliphatic carbocycles. The zero-order valence-corrected chi connectivity index (χ0v) is 14.4. The van der Waals surface area contributed by atoms with E-state index in [-0.39, 0.29) is 11.6 Å². The summed E-state index contributed by atoms with van der Waals surface area (Å²) >= 11 is 3.50. The lowest BCUT2D eigenvalue weighted by molar-refractivity contribution is 0.0973. The molecule has 2 aromatic carbocycles. The summed E-state index contributed by atoms with van der Waals surface area (Å²) in [6, 6.07) is 12.6. The monoisotopic (exact) mass is 370 g/mol. The lowest BCUT2D eigenvalue weighted by Crippen LogP contribution is -2.22. The van der Waals surface area contributed by atoms with Gasteiger partial charge in [0.1, 0.15) is 5.75 Å². The second-order valence-electron chi connectivity index (χ2n) is 5.44. The van der Waals surface area contributed by atoms with Gasteiger partial charge in [-0.05, 0) is 24.6 Å². The number of carbonyl (C=O) groups is 2. The van der Waals surface area contributed by atoms with Gasteiger partial charge in [-0.2, -0.15) is 0 Å². The van der Waals surface area contributed by atoms with Crippen LogP contribution < -0.4 is 4.74 Å². The molecule has 4 heteroatoms. The van der Waals surface area contributed by atoms with Gasteiger partial charge >= 0.3 is 0 Å². The Balaban J connectivity index is 2.02. The highest BCUT2D eigenvalue weighted by Gasteiger charge is 2.29. The number of ketones is 2. The largest absolute Gasteiger partial charge is 0.497 e. The van der Waals surface area contributed by atoms with Crippen LogP contribution in [0.3, 0.4) is 0 Å². The zero-order chi connectivity index (χ0) is 16.6. The Labute approximate surface area is 143 Å². The van der Waals surface area contributed by atoms with Crippen LogP contribution in [0.15, 0.2) is 58.1 Å². The minimum absolute atomic E-state index is 0.0691. The van der Waals surface area contributed by atoms with Crippen molar-refractivity contribution < 1.29 is 14.3 Å². The van der Waals surface area contributed by atoms with Gasteiger partial charge in [-0.3, -0.25) is 9.59 Å². The molecule has 23 heavy (non-hydrogen) atoms. The summed E-state index contributed by atoms with van der Waals surface area (Å²) in [5.41, 5.74) is 3.01. The van der Waals surface area contributed by atoms with Crippen molar-refractivity contribution in [1.29, 1.82) is 0 Å². The smallest absolute Gasteiger partial charge is 0.190 e. The van der Waals surface area contributed by atoms with Gasteiger partial charge in [0.25, 0.3) is 0 Å². The number of rotatable bonds is 3.